The number of nitrogens with zero attached hydrogens (tertiary/aromatic N) is 2. The summed E-state index contributed by atoms with van der Waals surface area (Å²) in [6.07, 6.45) is 3.54. The number of fused-ring (bicyclic) bond motifs is 1. The van der Waals surface area contributed by atoms with Crippen LogP contribution in [-0.4, -0.2) is 50.1 Å². The van der Waals surface area contributed by atoms with Crippen LogP contribution in [0.15, 0.2) is 16.8 Å². The summed E-state index contributed by atoms with van der Waals surface area (Å²) in [5, 5.41) is 4.22. The fraction of sp³-hybridized carbons (Fsp3) is 0.727. The normalized spacial score (nSPS) is 35.8. The van der Waals surface area contributed by atoms with E-state index in [-0.39, 0.29) is 6.10 Å². The molecule has 1 fully saturated rings. The van der Waals surface area contributed by atoms with E-state index >= 15 is 0 Å². The van der Waals surface area contributed by atoms with Gasteiger partial charge in [0.05, 0.1) is 24.8 Å². The number of rotatable bonds is 1. The van der Waals surface area contributed by atoms with Crippen LogP contribution in [0.1, 0.15) is 6.42 Å². The summed E-state index contributed by atoms with van der Waals surface area (Å²) in [5.74, 6) is 0.389. The SMILES string of the molecule is CN1CC=C(C2=NO[C@@H]3COC[C@H]23)CC1. The lowest BCUT2D eigenvalue weighted by molar-refractivity contribution is 0.0558. The molecule has 4 heteroatoms. The number of hydrogen-bond donors (Lipinski definition) is 0. The first-order valence-electron chi connectivity index (χ1n) is 5.54. The van der Waals surface area contributed by atoms with Gasteiger partial charge in [-0.1, -0.05) is 11.2 Å². The van der Waals surface area contributed by atoms with Crippen molar-refractivity contribution in [2.45, 2.75) is 12.5 Å². The summed E-state index contributed by atoms with van der Waals surface area (Å²) in [6.45, 7) is 3.61. The lowest BCUT2D eigenvalue weighted by atomic mass is 9.91. The molecular weight excluding hydrogens is 192 g/mol. The second-order valence-electron chi connectivity index (χ2n) is 4.51. The van der Waals surface area contributed by atoms with Gasteiger partial charge in [0.25, 0.3) is 0 Å². The van der Waals surface area contributed by atoms with Crippen molar-refractivity contribution < 1.29 is 9.57 Å². The molecule has 0 radical (unpaired) electrons. The van der Waals surface area contributed by atoms with Crippen molar-refractivity contribution in [3.8, 4) is 0 Å². The summed E-state index contributed by atoms with van der Waals surface area (Å²) < 4.78 is 5.41. The second-order valence-corrected chi connectivity index (χ2v) is 4.51. The third kappa shape index (κ3) is 1.58. The fourth-order valence-electron chi connectivity index (χ4n) is 2.39. The maximum Gasteiger partial charge on any atom is 0.161 e. The molecule has 0 unspecified atom stereocenters. The van der Waals surface area contributed by atoms with E-state index < -0.39 is 0 Å². The van der Waals surface area contributed by atoms with Gasteiger partial charge in [-0.2, -0.15) is 0 Å². The standard InChI is InChI=1S/C11H16N2O2/c1-13-4-2-8(3-5-13)11-9-6-14-7-10(9)15-12-11/h2,9-10H,3-7H2,1H3/t9-,10+/m0/s1. The van der Waals surface area contributed by atoms with Crippen molar-refractivity contribution in [1.29, 1.82) is 0 Å². The Morgan fingerprint density at radius 2 is 2.40 bits per heavy atom. The van der Waals surface area contributed by atoms with Crippen LogP contribution in [0.3, 0.4) is 0 Å². The molecule has 3 aliphatic heterocycles. The molecule has 3 heterocycles. The average Bonchev–Trinajstić information content (AvgIpc) is 2.80. The van der Waals surface area contributed by atoms with Crippen LogP contribution in [-0.2, 0) is 9.57 Å². The van der Waals surface area contributed by atoms with Crippen LogP contribution in [0.4, 0.5) is 0 Å². The molecule has 15 heavy (non-hydrogen) atoms. The molecule has 0 aromatic rings. The third-order valence-electron chi connectivity index (χ3n) is 3.41. The van der Waals surface area contributed by atoms with E-state index in [0.717, 1.165) is 31.8 Å². The van der Waals surface area contributed by atoms with E-state index in [1.54, 1.807) is 0 Å². The lowest BCUT2D eigenvalue weighted by Crippen LogP contribution is -2.29. The van der Waals surface area contributed by atoms with E-state index in [9.17, 15) is 0 Å². The van der Waals surface area contributed by atoms with Gasteiger partial charge in [-0.25, -0.2) is 0 Å². The fourth-order valence-corrected chi connectivity index (χ4v) is 2.39. The molecule has 3 rings (SSSR count). The van der Waals surface area contributed by atoms with Crippen LogP contribution < -0.4 is 0 Å². The van der Waals surface area contributed by atoms with Crippen molar-refractivity contribution in [3.63, 3.8) is 0 Å². The molecule has 4 nitrogen and oxygen atoms in total. The van der Waals surface area contributed by atoms with Crippen LogP contribution in [0.25, 0.3) is 0 Å². The molecular formula is C11H16N2O2. The van der Waals surface area contributed by atoms with Gasteiger partial charge >= 0.3 is 0 Å². The first kappa shape index (κ1) is 9.36. The van der Waals surface area contributed by atoms with Gasteiger partial charge in [-0.15, -0.1) is 0 Å². The zero-order valence-electron chi connectivity index (χ0n) is 8.98. The van der Waals surface area contributed by atoms with Gasteiger partial charge in [0.1, 0.15) is 0 Å². The number of likely N-dealkylation sites (N-methyl/N-ethyl adjacent to an activating group) is 1. The first-order chi connectivity index (χ1) is 7.34. The topological polar surface area (TPSA) is 34.1 Å². The van der Waals surface area contributed by atoms with Crippen LogP contribution >= 0.6 is 0 Å². The molecule has 0 spiro atoms. The quantitative estimate of drug-likeness (QED) is 0.634. The summed E-state index contributed by atoms with van der Waals surface area (Å²) in [7, 11) is 2.14. The van der Waals surface area contributed by atoms with Gasteiger partial charge in [-0.3, -0.25) is 0 Å². The monoisotopic (exact) mass is 208 g/mol. The minimum atomic E-state index is 0.181. The van der Waals surface area contributed by atoms with Crippen LogP contribution in [0, 0.1) is 5.92 Å². The maximum absolute atomic E-state index is 5.41. The highest BCUT2D eigenvalue weighted by molar-refractivity contribution is 6.03. The van der Waals surface area contributed by atoms with Crippen molar-refractivity contribution >= 4 is 5.71 Å². The highest BCUT2D eigenvalue weighted by Crippen LogP contribution is 2.30. The zero-order valence-corrected chi connectivity index (χ0v) is 8.98. The summed E-state index contributed by atoms with van der Waals surface area (Å²) in [6, 6.07) is 0. The van der Waals surface area contributed by atoms with Gasteiger partial charge in [0.2, 0.25) is 0 Å². The Morgan fingerprint density at radius 3 is 3.20 bits per heavy atom. The van der Waals surface area contributed by atoms with E-state index in [1.807, 2.05) is 0 Å². The molecule has 0 aromatic heterocycles. The van der Waals surface area contributed by atoms with E-state index in [4.69, 9.17) is 9.57 Å². The van der Waals surface area contributed by atoms with Crippen LogP contribution in [0.5, 0.6) is 0 Å². The van der Waals surface area contributed by atoms with E-state index in [2.05, 4.69) is 23.2 Å². The van der Waals surface area contributed by atoms with Gasteiger partial charge in [-0.05, 0) is 19.0 Å². The number of ether oxygens (including phenoxy) is 1. The van der Waals surface area contributed by atoms with Gasteiger partial charge in [0, 0.05) is 13.1 Å². The molecule has 1 saturated heterocycles. The maximum atomic E-state index is 5.41. The predicted molar refractivity (Wildman–Crippen MR) is 56.8 cm³/mol. The van der Waals surface area contributed by atoms with Crippen LogP contribution in [0.2, 0.25) is 0 Å². The molecule has 2 atom stereocenters. The Balaban J connectivity index is 1.77. The van der Waals surface area contributed by atoms with Gasteiger partial charge < -0.3 is 14.5 Å². The molecule has 0 aromatic carbocycles. The molecule has 0 N–H and O–H groups in total. The first-order valence-corrected chi connectivity index (χ1v) is 5.54. The highest BCUT2D eigenvalue weighted by Gasteiger charge is 2.40. The molecule has 0 amide bonds. The Hall–Kier alpha value is -0.870. The minimum absolute atomic E-state index is 0.181. The Labute approximate surface area is 89.5 Å². The van der Waals surface area contributed by atoms with Crippen molar-refractivity contribution in [1.82, 2.24) is 4.90 Å². The number of hydrogen-bond acceptors (Lipinski definition) is 4. The van der Waals surface area contributed by atoms with Gasteiger partial charge in [0.15, 0.2) is 6.10 Å². The van der Waals surface area contributed by atoms with E-state index in [1.165, 1.54) is 5.57 Å². The highest BCUT2D eigenvalue weighted by atomic mass is 16.7. The zero-order chi connectivity index (χ0) is 10.3. The molecule has 0 bridgehead atoms. The largest absolute Gasteiger partial charge is 0.389 e. The Kier molecular flexibility index (Phi) is 2.25. The summed E-state index contributed by atoms with van der Waals surface area (Å²) >= 11 is 0. The smallest absolute Gasteiger partial charge is 0.161 e. The number of oxime groups is 1. The molecule has 3 aliphatic rings. The lowest BCUT2D eigenvalue weighted by Gasteiger charge is -2.22. The Morgan fingerprint density at radius 1 is 1.47 bits per heavy atom. The van der Waals surface area contributed by atoms with E-state index in [0.29, 0.717) is 12.5 Å². The summed E-state index contributed by atoms with van der Waals surface area (Å²) in [5.41, 5.74) is 2.51. The van der Waals surface area contributed by atoms with Crippen molar-refractivity contribution in [3.05, 3.63) is 11.6 Å². The minimum Gasteiger partial charge on any atom is -0.389 e. The summed E-state index contributed by atoms with van der Waals surface area (Å²) in [4.78, 5) is 7.69. The third-order valence-corrected chi connectivity index (χ3v) is 3.41. The Bertz CT molecular complexity index is 325. The second kappa shape index (κ2) is 3.61. The molecule has 82 valence electrons. The predicted octanol–water partition coefficient (Wildman–Crippen LogP) is 0.649. The molecule has 0 aliphatic carbocycles. The average molecular weight is 208 g/mol. The van der Waals surface area contributed by atoms with Crippen molar-refractivity contribution in [2.24, 2.45) is 11.1 Å². The molecule has 0 saturated carbocycles. The van der Waals surface area contributed by atoms with Crippen molar-refractivity contribution in [2.75, 3.05) is 33.4 Å².